The molecule has 0 saturated heterocycles. The zero-order valence-corrected chi connectivity index (χ0v) is 29.2. The van der Waals surface area contributed by atoms with Crippen LogP contribution in [-0.4, -0.2) is 20.2 Å². The molecule has 0 unspecified atom stereocenters. The van der Waals surface area contributed by atoms with Gasteiger partial charge in [-0.1, -0.05) is 30.3 Å². The van der Waals surface area contributed by atoms with E-state index in [1.165, 1.54) is 10.5 Å². The first-order chi connectivity index (χ1) is 25.5. The van der Waals surface area contributed by atoms with E-state index in [0.717, 1.165) is 6.54 Å². The predicted octanol–water partition coefficient (Wildman–Crippen LogP) is 6.85. The highest BCUT2D eigenvalue weighted by molar-refractivity contribution is 7.20. The van der Waals surface area contributed by atoms with Gasteiger partial charge in [0.1, 0.15) is 36.0 Å². The van der Waals surface area contributed by atoms with Gasteiger partial charge in [-0.05, 0) is 27.7 Å². The highest BCUT2D eigenvalue weighted by Crippen LogP contribution is 2.31. The van der Waals surface area contributed by atoms with Gasteiger partial charge in [-0.25, -0.2) is 70.2 Å². The highest BCUT2D eigenvalue weighted by Gasteiger charge is 2.51. The topological polar surface area (TPSA) is 4.44 Å². The van der Waals surface area contributed by atoms with Crippen LogP contribution in [0.5, 0.6) is 0 Å². The second-order valence-corrected chi connectivity index (χ2v) is 12.9. The number of hydrogen-bond donors (Lipinski definition) is 1. The van der Waals surface area contributed by atoms with Gasteiger partial charge in [0.25, 0.3) is 0 Å². The maximum absolute atomic E-state index is 16.0. The molecule has 18 heteroatoms. The molecule has 0 heterocycles. The minimum Gasteiger partial charge on any atom is -0.336 e. The van der Waals surface area contributed by atoms with Crippen molar-refractivity contribution in [1.82, 2.24) is 0 Å². The number of hydrogen-bond acceptors (Lipinski definition) is 0. The van der Waals surface area contributed by atoms with Crippen molar-refractivity contribution >= 4 is 28.0 Å². The molecule has 0 bridgehead atoms. The van der Waals surface area contributed by atoms with Crippen LogP contribution in [-0.2, 0) is 6.54 Å². The van der Waals surface area contributed by atoms with Gasteiger partial charge >= 0.3 is 0 Å². The Morgan fingerprint density at radius 3 is 0.800 bits per heavy atom. The van der Waals surface area contributed by atoms with E-state index in [1.807, 2.05) is 0 Å². The molecule has 0 saturated carbocycles. The van der Waals surface area contributed by atoms with Gasteiger partial charge in [0, 0.05) is 27.8 Å². The second kappa shape index (κ2) is 15.6. The third-order valence-electron chi connectivity index (χ3n) is 9.20. The third-order valence-corrected chi connectivity index (χ3v) is 9.20. The van der Waals surface area contributed by atoms with Crippen molar-refractivity contribution < 1.29 is 75.1 Å². The molecule has 5 aromatic rings. The zero-order chi connectivity index (χ0) is 41.8. The SMILES string of the molecule is C[NH+](C)Cc1ccccc1.Cc1c(F)c(F)c(F)c([B-](c2c(F)c(C)c(F)c(F)c2F)(c2c(F)c(C)c(F)c(F)c2F)c2c(F)c(C)c(F)c(F)c2F)c1F. The molecule has 0 aromatic heterocycles. The quantitative estimate of drug-likeness (QED) is 0.0831. The predicted molar refractivity (Wildman–Crippen MR) is 171 cm³/mol. The summed E-state index contributed by atoms with van der Waals surface area (Å²) in [6, 6.07) is 10.5. The summed E-state index contributed by atoms with van der Waals surface area (Å²) in [5.41, 5.74) is -16.4. The van der Waals surface area contributed by atoms with Crippen LogP contribution in [0, 0.1) is 121 Å². The van der Waals surface area contributed by atoms with Crippen molar-refractivity contribution in [2.24, 2.45) is 0 Å². The molecule has 0 aliphatic rings. The van der Waals surface area contributed by atoms with E-state index in [0.29, 0.717) is 0 Å². The molecule has 1 nitrogen and oxygen atoms in total. The van der Waals surface area contributed by atoms with Crippen molar-refractivity contribution in [3.63, 3.8) is 0 Å². The molecule has 0 aliphatic carbocycles. The lowest BCUT2D eigenvalue weighted by Gasteiger charge is -2.45. The van der Waals surface area contributed by atoms with Crippen molar-refractivity contribution in [1.29, 1.82) is 0 Å². The monoisotopic (exact) mass is 799 g/mol. The van der Waals surface area contributed by atoms with Crippen LogP contribution in [0.15, 0.2) is 30.3 Å². The maximum Gasteiger partial charge on any atom is 0.191 e. The Labute approximate surface area is 302 Å². The Balaban J connectivity index is 0.000000583. The molecule has 0 amide bonds. The summed E-state index contributed by atoms with van der Waals surface area (Å²) in [5.74, 6) is -44.5. The smallest absolute Gasteiger partial charge is 0.191 e. The van der Waals surface area contributed by atoms with Crippen LogP contribution in [0.4, 0.5) is 70.2 Å². The summed E-state index contributed by atoms with van der Waals surface area (Å²) in [4.78, 5) is 1.46. The fourth-order valence-corrected chi connectivity index (χ4v) is 6.49. The standard InChI is InChI=1S/C28H12BF16.C9H13N/c1-5-13(30)9(21(38)25(42)17(5)34)29(10-14(31)6(2)18(35)26(43)22(10)39,11-15(32)7(3)19(36)27(44)23(11)40)12-16(33)8(4)20(37)28(45)24(12)41;1-10(2)8-9-6-4-3-5-7-9/h1-4H3;3-7H,8H2,1-2H3/q-1;/p+1. The number of quaternary nitrogens is 1. The molecule has 0 spiro atoms. The summed E-state index contributed by atoms with van der Waals surface area (Å²) < 4.78 is 245. The first kappa shape index (κ1) is 42.7. The zero-order valence-electron chi connectivity index (χ0n) is 29.2. The second-order valence-electron chi connectivity index (χ2n) is 12.9. The lowest BCUT2D eigenvalue weighted by atomic mass is 9.12. The van der Waals surface area contributed by atoms with E-state index < -0.39 is 143 Å². The maximum atomic E-state index is 16.0. The van der Waals surface area contributed by atoms with E-state index in [9.17, 15) is 35.1 Å². The Kier molecular flexibility index (Phi) is 12.1. The van der Waals surface area contributed by atoms with Crippen LogP contribution >= 0.6 is 0 Å². The number of benzene rings is 5. The van der Waals surface area contributed by atoms with Gasteiger partial charge < -0.3 is 4.90 Å². The first-order valence-corrected chi connectivity index (χ1v) is 15.8. The Bertz CT molecular complexity index is 1940. The van der Waals surface area contributed by atoms with Crippen LogP contribution in [0.1, 0.15) is 27.8 Å². The van der Waals surface area contributed by atoms with E-state index >= 15 is 35.1 Å². The van der Waals surface area contributed by atoms with Gasteiger partial charge in [-0.2, -0.15) is 0 Å². The molecule has 1 N–H and O–H groups in total. The summed E-state index contributed by atoms with van der Waals surface area (Å²) >= 11 is 0. The Hall–Kier alpha value is -5.00. The van der Waals surface area contributed by atoms with Crippen molar-refractivity contribution in [2.75, 3.05) is 14.1 Å². The highest BCUT2D eigenvalue weighted by atomic mass is 19.2. The minimum absolute atomic E-state index is 0.243. The number of nitrogens with one attached hydrogen (secondary N) is 1. The summed E-state index contributed by atoms with van der Waals surface area (Å²) in [6.07, 6.45) is -6.26. The molecule has 5 rings (SSSR count). The fourth-order valence-electron chi connectivity index (χ4n) is 6.49. The molecule has 294 valence electrons. The number of halogens is 16. The number of rotatable bonds is 6. The van der Waals surface area contributed by atoms with Crippen LogP contribution < -0.4 is 26.8 Å². The van der Waals surface area contributed by atoms with Crippen LogP contribution in [0.3, 0.4) is 0 Å². The molecule has 5 aromatic carbocycles. The van der Waals surface area contributed by atoms with Crippen molar-refractivity contribution in [3.05, 3.63) is 151 Å². The van der Waals surface area contributed by atoms with Gasteiger partial charge in [-0.3, -0.25) is 0 Å². The average molecular weight is 799 g/mol. The summed E-state index contributed by atoms with van der Waals surface area (Å²) in [5, 5.41) is 0. The fraction of sp³-hybridized carbons (Fsp3) is 0.189. The lowest BCUT2D eigenvalue weighted by Crippen LogP contribution is -3.04. The summed E-state index contributed by atoms with van der Waals surface area (Å²) in [6.45, 7) is 2.08. The molecule has 0 aliphatic heterocycles. The van der Waals surface area contributed by atoms with Crippen molar-refractivity contribution in [2.45, 2.75) is 34.2 Å². The van der Waals surface area contributed by atoms with E-state index in [-0.39, 0.29) is 27.7 Å². The van der Waals surface area contributed by atoms with Crippen molar-refractivity contribution in [3.8, 4) is 0 Å². The molecule has 0 radical (unpaired) electrons. The summed E-state index contributed by atoms with van der Waals surface area (Å²) in [7, 11) is 4.32. The Morgan fingerprint density at radius 2 is 0.582 bits per heavy atom. The van der Waals surface area contributed by atoms with E-state index in [1.54, 1.807) is 0 Å². The van der Waals surface area contributed by atoms with Gasteiger partial charge in [-0.15, -0.1) is 21.9 Å². The minimum atomic E-state index is -6.26. The van der Waals surface area contributed by atoms with Crippen LogP contribution in [0.2, 0.25) is 0 Å². The van der Waals surface area contributed by atoms with Gasteiger partial charge in [0.05, 0.1) is 37.4 Å². The normalized spacial score (nSPS) is 11.7. The van der Waals surface area contributed by atoms with Crippen LogP contribution in [0.25, 0.3) is 0 Å². The van der Waals surface area contributed by atoms with E-state index in [2.05, 4.69) is 44.4 Å². The van der Waals surface area contributed by atoms with E-state index in [4.69, 9.17) is 0 Å². The van der Waals surface area contributed by atoms with Gasteiger partial charge in [0.2, 0.25) is 0 Å². The third kappa shape index (κ3) is 6.71. The van der Waals surface area contributed by atoms with Gasteiger partial charge in [0.15, 0.2) is 46.5 Å². The average Bonchev–Trinajstić information content (AvgIpc) is 3.15. The molecular weight excluding hydrogens is 773 g/mol. The molecule has 0 fully saturated rings. The molecule has 55 heavy (non-hydrogen) atoms. The lowest BCUT2D eigenvalue weighted by molar-refractivity contribution is -0.872. The molecular formula is C37H26BF16N. The Morgan fingerprint density at radius 1 is 0.345 bits per heavy atom. The molecule has 0 atom stereocenters. The first-order valence-electron chi connectivity index (χ1n) is 15.8. The largest absolute Gasteiger partial charge is 0.336 e.